The number of hydrogen-bond acceptors (Lipinski definition) is 3. The summed E-state index contributed by atoms with van der Waals surface area (Å²) in [4.78, 5) is 0. The zero-order chi connectivity index (χ0) is 12.2. The second-order valence-electron chi connectivity index (χ2n) is 5.15. The number of unbranched alkanes of at least 4 members (excludes halogenated alkanes) is 2. The summed E-state index contributed by atoms with van der Waals surface area (Å²) < 4.78 is 2.06. The Labute approximate surface area is 97.7 Å². The molecule has 0 unspecified atom stereocenters. The van der Waals surface area contributed by atoms with E-state index in [0.29, 0.717) is 5.82 Å². The molecule has 0 aliphatic heterocycles. The van der Waals surface area contributed by atoms with Gasteiger partial charge in [-0.2, -0.15) is 0 Å². The first-order valence-corrected chi connectivity index (χ1v) is 6.05. The summed E-state index contributed by atoms with van der Waals surface area (Å²) in [5.41, 5.74) is -0.0664. The van der Waals surface area contributed by atoms with Gasteiger partial charge in [0, 0.05) is 12.0 Å². The van der Waals surface area contributed by atoms with Crippen LogP contribution in [0.3, 0.4) is 0 Å². The largest absolute Gasteiger partial charge is 0.388 e. The Bertz CT molecular complexity index is 325. The summed E-state index contributed by atoms with van der Waals surface area (Å²) in [5, 5.41) is 17.5. The quantitative estimate of drug-likeness (QED) is 0.782. The van der Waals surface area contributed by atoms with Gasteiger partial charge in [0.2, 0.25) is 0 Å². The third-order valence-corrected chi connectivity index (χ3v) is 2.61. The molecule has 1 aromatic rings. The Balaban J connectivity index is 2.88. The molecular formula is C12H23N3O. The lowest BCUT2D eigenvalue weighted by Crippen LogP contribution is -2.26. The fourth-order valence-electron chi connectivity index (χ4n) is 1.93. The molecule has 1 aromatic heterocycles. The maximum Gasteiger partial charge on any atom is 0.159 e. The zero-order valence-corrected chi connectivity index (χ0v) is 10.8. The molecule has 0 atom stereocenters. The molecule has 0 aliphatic rings. The monoisotopic (exact) mass is 225 g/mol. The number of aryl methyl sites for hydroxylation is 1. The van der Waals surface area contributed by atoms with Gasteiger partial charge in [0.05, 0.1) is 0 Å². The number of rotatable bonds is 5. The number of aliphatic hydroxyl groups is 1. The third-order valence-electron chi connectivity index (χ3n) is 2.61. The molecule has 0 aliphatic carbocycles. The second-order valence-corrected chi connectivity index (χ2v) is 5.15. The molecule has 0 bridgehead atoms. The summed E-state index contributed by atoms with van der Waals surface area (Å²) in [6, 6.07) is 0. The first-order valence-electron chi connectivity index (χ1n) is 6.05. The maximum absolute atomic E-state index is 9.24. The summed E-state index contributed by atoms with van der Waals surface area (Å²) in [7, 11) is 0. The Hall–Kier alpha value is -0.900. The Kier molecular flexibility index (Phi) is 4.47. The van der Waals surface area contributed by atoms with Gasteiger partial charge >= 0.3 is 0 Å². The minimum atomic E-state index is -0.0664. The van der Waals surface area contributed by atoms with E-state index in [1.54, 1.807) is 0 Å². The Morgan fingerprint density at radius 3 is 2.25 bits per heavy atom. The fourth-order valence-corrected chi connectivity index (χ4v) is 1.93. The normalized spacial score (nSPS) is 12.1. The highest BCUT2D eigenvalue weighted by atomic mass is 16.3. The predicted molar refractivity (Wildman–Crippen MR) is 64.2 cm³/mol. The lowest BCUT2D eigenvalue weighted by molar-refractivity contribution is 0.247. The van der Waals surface area contributed by atoms with Gasteiger partial charge in [0.15, 0.2) is 5.82 Å². The fraction of sp³-hybridized carbons (Fsp3) is 0.833. The van der Waals surface area contributed by atoms with E-state index in [4.69, 9.17) is 0 Å². The third kappa shape index (κ3) is 3.04. The Morgan fingerprint density at radius 2 is 1.75 bits per heavy atom. The Morgan fingerprint density at radius 1 is 1.12 bits per heavy atom. The van der Waals surface area contributed by atoms with Gasteiger partial charge < -0.3 is 9.67 Å². The lowest BCUT2D eigenvalue weighted by atomic mass is 10.1. The van der Waals surface area contributed by atoms with E-state index < -0.39 is 0 Å². The highest BCUT2D eigenvalue weighted by Crippen LogP contribution is 2.19. The van der Waals surface area contributed by atoms with Gasteiger partial charge in [-0.25, -0.2) is 0 Å². The van der Waals surface area contributed by atoms with Crippen molar-refractivity contribution in [3.8, 4) is 0 Å². The molecule has 16 heavy (non-hydrogen) atoms. The summed E-state index contributed by atoms with van der Waals surface area (Å²) in [5.74, 6) is 1.66. The number of nitrogens with zero attached hydrogens (tertiary/aromatic N) is 3. The first-order chi connectivity index (χ1) is 7.50. The van der Waals surface area contributed by atoms with Gasteiger partial charge in [-0.1, -0.05) is 19.8 Å². The van der Waals surface area contributed by atoms with Crippen molar-refractivity contribution in [1.82, 2.24) is 14.8 Å². The van der Waals surface area contributed by atoms with Crippen molar-refractivity contribution in [2.75, 3.05) is 0 Å². The number of aliphatic hydroxyl groups excluding tert-OH is 1. The molecule has 0 spiro atoms. The topological polar surface area (TPSA) is 50.9 Å². The van der Waals surface area contributed by atoms with Crippen LogP contribution >= 0.6 is 0 Å². The van der Waals surface area contributed by atoms with Crippen molar-refractivity contribution in [1.29, 1.82) is 0 Å². The van der Waals surface area contributed by atoms with E-state index in [0.717, 1.165) is 18.7 Å². The van der Waals surface area contributed by atoms with Gasteiger partial charge in [0.25, 0.3) is 0 Å². The molecule has 0 saturated carbocycles. The molecule has 1 heterocycles. The van der Waals surface area contributed by atoms with Gasteiger partial charge in [-0.3, -0.25) is 0 Å². The lowest BCUT2D eigenvalue weighted by Gasteiger charge is -2.24. The van der Waals surface area contributed by atoms with E-state index >= 15 is 0 Å². The van der Waals surface area contributed by atoms with E-state index in [1.165, 1.54) is 12.8 Å². The highest BCUT2D eigenvalue weighted by molar-refractivity contribution is 5.00. The summed E-state index contributed by atoms with van der Waals surface area (Å²) in [6.45, 7) is 8.47. The van der Waals surface area contributed by atoms with Crippen LogP contribution in [0.15, 0.2) is 0 Å². The number of aromatic nitrogens is 3. The van der Waals surface area contributed by atoms with Crippen LogP contribution in [0.1, 0.15) is 58.6 Å². The van der Waals surface area contributed by atoms with Gasteiger partial charge in [-0.15, -0.1) is 10.2 Å². The molecule has 0 aromatic carbocycles. The average Bonchev–Trinajstić information content (AvgIpc) is 2.61. The standard InChI is InChI=1S/C12H23N3O/c1-5-6-7-8-10-13-14-11(9-16)15(10)12(2,3)4/h16H,5-9H2,1-4H3. The van der Waals surface area contributed by atoms with Gasteiger partial charge in [0.1, 0.15) is 12.4 Å². The van der Waals surface area contributed by atoms with Crippen LogP contribution in [-0.4, -0.2) is 19.9 Å². The summed E-state index contributed by atoms with van der Waals surface area (Å²) in [6.07, 6.45) is 4.50. The van der Waals surface area contributed by atoms with E-state index in [-0.39, 0.29) is 12.1 Å². The smallest absolute Gasteiger partial charge is 0.159 e. The molecule has 4 nitrogen and oxygen atoms in total. The first kappa shape index (κ1) is 13.2. The van der Waals surface area contributed by atoms with Gasteiger partial charge in [-0.05, 0) is 27.2 Å². The average molecular weight is 225 g/mol. The number of hydrogen-bond donors (Lipinski definition) is 1. The molecule has 0 amide bonds. The molecule has 1 rings (SSSR count). The van der Waals surface area contributed by atoms with Crippen LogP contribution < -0.4 is 0 Å². The summed E-state index contributed by atoms with van der Waals surface area (Å²) >= 11 is 0. The van der Waals surface area contributed by atoms with Crippen LogP contribution in [0.5, 0.6) is 0 Å². The molecule has 4 heteroatoms. The predicted octanol–water partition coefficient (Wildman–Crippen LogP) is 2.26. The van der Waals surface area contributed by atoms with Crippen molar-refractivity contribution in [3.63, 3.8) is 0 Å². The molecule has 0 fully saturated rings. The zero-order valence-electron chi connectivity index (χ0n) is 10.8. The second kappa shape index (κ2) is 5.43. The molecule has 1 N–H and O–H groups in total. The SMILES string of the molecule is CCCCCc1nnc(CO)n1C(C)(C)C. The highest BCUT2D eigenvalue weighted by Gasteiger charge is 2.21. The van der Waals surface area contributed by atoms with Crippen LogP contribution in [-0.2, 0) is 18.6 Å². The van der Waals surface area contributed by atoms with Crippen molar-refractivity contribution in [2.24, 2.45) is 0 Å². The van der Waals surface area contributed by atoms with Crippen LogP contribution in [0.2, 0.25) is 0 Å². The van der Waals surface area contributed by atoms with Crippen LogP contribution in [0, 0.1) is 0 Å². The van der Waals surface area contributed by atoms with E-state index in [2.05, 4.69) is 42.5 Å². The van der Waals surface area contributed by atoms with E-state index in [9.17, 15) is 5.11 Å². The van der Waals surface area contributed by atoms with Crippen molar-refractivity contribution < 1.29 is 5.11 Å². The van der Waals surface area contributed by atoms with Crippen LogP contribution in [0.4, 0.5) is 0 Å². The van der Waals surface area contributed by atoms with Crippen molar-refractivity contribution in [2.45, 2.75) is 65.5 Å². The molecular weight excluding hydrogens is 202 g/mol. The minimum Gasteiger partial charge on any atom is -0.388 e. The van der Waals surface area contributed by atoms with Crippen molar-refractivity contribution >= 4 is 0 Å². The molecule has 0 saturated heterocycles. The van der Waals surface area contributed by atoms with E-state index in [1.807, 2.05) is 0 Å². The molecule has 92 valence electrons. The maximum atomic E-state index is 9.24. The molecule has 0 radical (unpaired) electrons. The minimum absolute atomic E-state index is 0.0436. The van der Waals surface area contributed by atoms with Crippen molar-refractivity contribution in [3.05, 3.63) is 11.6 Å². The van der Waals surface area contributed by atoms with Crippen LogP contribution in [0.25, 0.3) is 0 Å².